The first-order valence-electron chi connectivity index (χ1n) is 6.40. The summed E-state index contributed by atoms with van der Waals surface area (Å²) < 4.78 is 6.91. The zero-order valence-electron chi connectivity index (χ0n) is 10.9. The molecule has 0 aromatic carbocycles. The zero-order chi connectivity index (χ0) is 13.0. The minimum atomic E-state index is -0.201. The summed E-state index contributed by atoms with van der Waals surface area (Å²) >= 11 is 1.39. The van der Waals surface area contributed by atoms with Crippen molar-refractivity contribution in [2.24, 2.45) is 7.05 Å². The van der Waals surface area contributed by atoms with Gasteiger partial charge in [-0.05, 0) is 19.8 Å². The molecule has 1 fully saturated rings. The van der Waals surface area contributed by atoms with Crippen molar-refractivity contribution < 1.29 is 9.53 Å². The smallest absolute Gasteiger partial charge is 0.316 e. The lowest BCUT2D eigenvalue weighted by molar-refractivity contribution is -0.139. The second-order valence-corrected chi connectivity index (χ2v) is 5.42. The maximum atomic E-state index is 11.3. The highest BCUT2D eigenvalue weighted by molar-refractivity contribution is 7.99. The van der Waals surface area contributed by atoms with Crippen molar-refractivity contribution in [3.63, 3.8) is 0 Å². The number of nitrogens with zero attached hydrogens (tertiary/aromatic N) is 3. The highest BCUT2D eigenvalue weighted by Crippen LogP contribution is 2.33. The van der Waals surface area contributed by atoms with E-state index in [2.05, 4.69) is 10.2 Å². The molecule has 18 heavy (non-hydrogen) atoms. The summed E-state index contributed by atoms with van der Waals surface area (Å²) in [6, 6.07) is 0. The van der Waals surface area contributed by atoms with Gasteiger partial charge in [-0.3, -0.25) is 4.79 Å². The molecule has 5 nitrogen and oxygen atoms in total. The minimum absolute atomic E-state index is 0.201. The van der Waals surface area contributed by atoms with Gasteiger partial charge in [-0.2, -0.15) is 0 Å². The van der Waals surface area contributed by atoms with Crippen molar-refractivity contribution in [1.29, 1.82) is 0 Å². The molecule has 0 radical (unpaired) electrons. The predicted octanol–water partition coefficient (Wildman–Crippen LogP) is 2.13. The molecule has 0 unspecified atom stereocenters. The third kappa shape index (κ3) is 3.04. The first kappa shape index (κ1) is 13.4. The van der Waals surface area contributed by atoms with Gasteiger partial charge in [0.1, 0.15) is 5.82 Å². The average Bonchev–Trinajstić information content (AvgIpc) is 2.96. The Morgan fingerprint density at radius 3 is 2.83 bits per heavy atom. The van der Waals surface area contributed by atoms with Crippen LogP contribution in [0, 0.1) is 0 Å². The molecular formula is C12H19N3O2S. The maximum Gasteiger partial charge on any atom is 0.316 e. The second kappa shape index (κ2) is 6.22. The van der Waals surface area contributed by atoms with E-state index < -0.39 is 0 Å². The highest BCUT2D eigenvalue weighted by atomic mass is 32.2. The number of hydrogen-bond donors (Lipinski definition) is 0. The number of carbonyl (C=O) groups excluding carboxylic acids is 1. The minimum Gasteiger partial charge on any atom is -0.465 e. The van der Waals surface area contributed by atoms with Crippen LogP contribution in [0.25, 0.3) is 0 Å². The molecule has 1 aromatic heterocycles. The Balaban J connectivity index is 1.95. The van der Waals surface area contributed by atoms with Gasteiger partial charge in [0.2, 0.25) is 0 Å². The van der Waals surface area contributed by atoms with E-state index in [4.69, 9.17) is 4.74 Å². The lowest BCUT2D eigenvalue weighted by atomic mass is 10.1. The summed E-state index contributed by atoms with van der Waals surface area (Å²) in [5.74, 6) is 1.69. The zero-order valence-corrected chi connectivity index (χ0v) is 11.7. The number of thioether (sulfide) groups is 1. The van der Waals surface area contributed by atoms with Gasteiger partial charge in [0.05, 0.1) is 12.4 Å². The fourth-order valence-electron chi connectivity index (χ4n) is 2.32. The third-order valence-electron chi connectivity index (χ3n) is 3.21. The summed E-state index contributed by atoms with van der Waals surface area (Å²) in [4.78, 5) is 11.3. The van der Waals surface area contributed by atoms with E-state index in [1.165, 1.54) is 37.4 Å². The van der Waals surface area contributed by atoms with Crippen LogP contribution in [-0.4, -0.2) is 33.1 Å². The Kier molecular flexibility index (Phi) is 4.63. The Bertz CT molecular complexity index is 413. The Labute approximate surface area is 111 Å². The standard InChI is InChI=1S/C12H19N3O2S/c1-3-17-10(16)8-18-12-14-13-11(15(12)2)9-6-4-5-7-9/h9H,3-8H2,1-2H3. The lowest BCUT2D eigenvalue weighted by Gasteiger charge is -2.08. The molecule has 0 saturated heterocycles. The number of rotatable bonds is 5. The number of ether oxygens (including phenoxy) is 1. The van der Waals surface area contributed by atoms with Crippen LogP contribution < -0.4 is 0 Å². The first-order chi connectivity index (χ1) is 8.72. The molecule has 100 valence electrons. The van der Waals surface area contributed by atoms with Gasteiger partial charge in [-0.1, -0.05) is 24.6 Å². The van der Waals surface area contributed by atoms with Crippen molar-refractivity contribution in [2.75, 3.05) is 12.4 Å². The fourth-order valence-corrected chi connectivity index (χ4v) is 3.03. The van der Waals surface area contributed by atoms with Gasteiger partial charge in [0, 0.05) is 13.0 Å². The molecule has 1 aromatic rings. The van der Waals surface area contributed by atoms with E-state index in [9.17, 15) is 4.79 Å². The largest absolute Gasteiger partial charge is 0.465 e. The van der Waals surface area contributed by atoms with Crippen LogP contribution >= 0.6 is 11.8 Å². The first-order valence-corrected chi connectivity index (χ1v) is 7.38. The van der Waals surface area contributed by atoms with Crippen molar-refractivity contribution in [3.05, 3.63) is 5.82 Å². The molecule has 0 N–H and O–H groups in total. The highest BCUT2D eigenvalue weighted by Gasteiger charge is 2.23. The normalized spacial score (nSPS) is 16.1. The molecule has 0 amide bonds. The number of esters is 1. The molecular weight excluding hydrogens is 250 g/mol. The summed E-state index contributed by atoms with van der Waals surface area (Å²) in [5, 5.41) is 9.22. The van der Waals surface area contributed by atoms with E-state index >= 15 is 0 Å². The van der Waals surface area contributed by atoms with Crippen molar-refractivity contribution in [3.8, 4) is 0 Å². The summed E-state index contributed by atoms with van der Waals surface area (Å²) in [5.41, 5.74) is 0. The Morgan fingerprint density at radius 2 is 2.17 bits per heavy atom. The lowest BCUT2D eigenvalue weighted by Crippen LogP contribution is -2.08. The average molecular weight is 269 g/mol. The Hall–Kier alpha value is -1.04. The number of carbonyl (C=O) groups is 1. The van der Waals surface area contributed by atoms with Crippen LogP contribution in [0.2, 0.25) is 0 Å². The van der Waals surface area contributed by atoms with Gasteiger partial charge in [-0.25, -0.2) is 0 Å². The van der Waals surface area contributed by atoms with Crippen molar-refractivity contribution in [2.45, 2.75) is 43.7 Å². The van der Waals surface area contributed by atoms with Crippen molar-refractivity contribution in [1.82, 2.24) is 14.8 Å². The van der Waals surface area contributed by atoms with Crippen LogP contribution in [0.3, 0.4) is 0 Å². The van der Waals surface area contributed by atoms with Crippen LogP contribution in [0.1, 0.15) is 44.3 Å². The topological polar surface area (TPSA) is 57.0 Å². The van der Waals surface area contributed by atoms with Crippen LogP contribution in [-0.2, 0) is 16.6 Å². The van der Waals surface area contributed by atoms with Gasteiger partial charge in [0.15, 0.2) is 5.16 Å². The van der Waals surface area contributed by atoms with Gasteiger partial charge < -0.3 is 9.30 Å². The molecule has 0 aliphatic heterocycles. The number of hydrogen-bond acceptors (Lipinski definition) is 5. The van der Waals surface area contributed by atoms with E-state index in [0.717, 1.165) is 11.0 Å². The number of aromatic nitrogens is 3. The summed E-state index contributed by atoms with van der Waals surface area (Å²) in [6.07, 6.45) is 4.97. The van der Waals surface area contributed by atoms with Crippen LogP contribution in [0.4, 0.5) is 0 Å². The van der Waals surface area contributed by atoms with E-state index in [1.54, 1.807) is 0 Å². The SMILES string of the molecule is CCOC(=O)CSc1nnc(C2CCCC2)n1C. The fraction of sp³-hybridized carbons (Fsp3) is 0.750. The van der Waals surface area contributed by atoms with Gasteiger partial charge in [0.25, 0.3) is 0 Å². The van der Waals surface area contributed by atoms with Crippen LogP contribution in [0.15, 0.2) is 5.16 Å². The molecule has 1 aliphatic rings. The molecule has 1 heterocycles. The summed E-state index contributed by atoms with van der Waals surface area (Å²) in [7, 11) is 1.97. The maximum absolute atomic E-state index is 11.3. The molecule has 1 aliphatic carbocycles. The molecule has 0 bridgehead atoms. The second-order valence-electron chi connectivity index (χ2n) is 4.47. The van der Waals surface area contributed by atoms with E-state index in [0.29, 0.717) is 18.3 Å². The molecule has 6 heteroatoms. The molecule has 2 rings (SSSR count). The monoisotopic (exact) mass is 269 g/mol. The molecule has 1 saturated carbocycles. The van der Waals surface area contributed by atoms with E-state index in [1.807, 2.05) is 18.5 Å². The predicted molar refractivity (Wildman–Crippen MR) is 69.6 cm³/mol. The van der Waals surface area contributed by atoms with Gasteiger partial charge in [-0.15, -0.1) is 10.2 Å². The molecule has 0 spiro atoms. The molecule has 0 atom stereocenters. The summed E-state index contributed by atoms with van der Waals surface area (Å²) in [6.45, 7) is 2.23. The third-order valence-corrected chi connectivity index (χ3v) is 4.21. The van der Waals surface area contributed by atoms with Gasteiger partial charge >= 0.3 is 5.97 Å². The van der Waals surface area contributed by atoms with Crippen LogP contribution in [0.5, 0.6) is 0 Å². The van der Waals surface area contributed by atoms with Crippen molar-refractivity contribution >= 4 is 17.7 Å². The van der Waals surface area contributed by atoms with E-state index in [-0.39, 0.29) is 5.97 Å². The quantitative estimate of drug-likeness (QED) is 0.605. The Morgan fingerprint density at radius 1 is 1.44 bits per heavy atom.